The number of carbonyl (C=O) groups is 2. The van der Waals surface area contributed by atoms with E-state index in [-0.39, 0.29) is 30.4 Å². The summed E-state index contributed by atoms with van der Waals surface area (Å²) in [6.45, 7) is -0.249. The number of ether oxygens (including phenoxy) is 2. The van der Waals surface area contributed by atoms with Crippen LogP contribution in [0.25, 0.3) is 0 Å². The van der Waals surface area contributed by atoms with Crippen molar-refractivity contribution in [3.05, 3.63) is 63.1 Å². The molecule has 1 saturated carbocycles. The van der Waals surface area contributed by atoms with Gasteiger partial charge in [-0.3, -0.25) is 9.59 Å². The van der Waals surface area contributed by atoms with E-state index in [1.807, 2.05) is 6.07 Å². The number of ketones is 1. The van der Waals surface area contributed by atoms with E-state index in [1.165, 1.54) is 0 Å². The van der Waals surface area contributed by atoms with Gasteiger partial charge in [0.25, 0.3) is 0 Å². The molecule has 0 atom stereocenters. The third-order valence-corrected chi connectivity index (χ3v) is 5.72. The highest BCUT2D eigenvalue weighted by Crippen LogP contribution is 2.30. The fourth-order valence-corrected chi connectivity index (χ4v) is 3.72. The molecular weight excluding hydrogens is 458 g/mol. The molecule has 0 aromatic heterocycles. The Balaban J connectivity index is 1.44. The molecular formula is C22H19BrClNO4. The molecule has 2 aromatic carbocycles. The van der Waals surface area contributed by atoms with Gasteiger partial charge < -0.3 is 9.47 Å². The van der Waals surface area contributed by atoms with Crippen LogP contribution >= 0.6 is 27.5 Å². The van der Waals surface area contributed by atoms with Crippen LogP contribution < -0.4 is 4.74 Å². The Morgan fingerprint density at radius 3 is 2.41 bits per heavy atom. The molecule has 0 unspecified atom stereocenters. The summed E-state index contributed by atoms with van der Waals surface area (Å²) in [4.78, 5) is 24.4. The maximum atomic E-state index is 12.3. The van der Waals surface area contributed by atoms with Crippen molar-refractivity contribution in [2.75, 3.05) is 6.61 Å². The predicted molar refractivity (Wildman–Crippen MR) is 112 cm³/mol. The summed E-state index contributed by atoms with van der Waals surface area (Å²) >= 11 is 9.35. The van der Waals surface area contributed by atoms with Crippen molar-refractivity contribution >= 4 is 39.3 Å². The molecule has 2 aromatic rings. The monoisotopic (exact) mass is 475 g/mol. The summed E-state index contributed by atoms with van der Waals surface area (Å²) in [5, 5.41) is 9.28. The van der Waals surface area contributed by atoms with E-state index >= 15 is 0 Å². The number of benzene rings is 2. The second-order valence-corrected chi connectivity index (χ2v) is 8.21. The van der Waals surface area contributed by atoms with Gasteiger partial charge in [0.1, 0.15) is 11.8 Å². The second kappa shape index (κ2) is 9.91. The van der Waals surface area contributed by atoms with E-state index in [0.717, 1.165) is 4.47 Å². The van der Waals surface area contributed by atoms with Crippen LogP contribution in [0, 0.1) is 17.2 Å². The number of hydrogen-bond acceptors (Lipinski definition) is 5. The lowest BCUT2D eigenvalue weighted by Crippen LogP contribution is -2.30. The molecule has 0 amide bonds. The SMILES string of the molecule is N#Cc1ccc(O[C@H]2CC[C@H](C(=O)OCC(=O)c3ccc(Br)cc3)CC2)cc1Cl. The van der Waals surface area contributed by atoms with Crippen LogP contribution in [0.3, 0.4) is 0 Å². The van der Waals surface area contributed by atoms with Gasteiger partial charge in [0.05, 0.1) is 22.6 Å². The van der Waals surface area contributed by atoms with Gasteiger partial charge in [0.15, 0.2) is 12.4 Å². The van der Waals surface area contributed by atoms with Crippen molar-refractivity contribution in [3.8, 4) is 11.8 Å². The van der Waals surface area contributed by atoms with Crippen molar-refractivity contribution in [3.63, 3.8) is 0 Å². The Labute approximate surface area is 182 Å². The van der Waals surface area contributed by atoms with Crippen LogP contribution in [0.1, 0.15) is 41.6 Å². The minimum atomic E-state index is -0.338. The zero-order valence-electron chi connectivity index (χ0n) is 15.6. The summed E-state index contributed by atoms with van der Waals surface area (Å²) in [6.07, 6.45) is 2.67. The predicted octanol–water partition coefficient (Wildman–Crippen LogP) is 5.34. The van der Waals surface area contributed by atoms with Crippen molar-refractivity contribution in [2.45, 2.75) is 31.8 Å². The van der Waals surface area contributed by atoms with E-state index in [4.69, 9.17) is 26.3 Å². The average molecular weight is 477 g/mol. The van der Waals surface area contributed by atoms with Crippen LogP contribution in [0.2, 0.25) is 5.02 Å². The Bertz CT molecular complexity index is 931. The normalized spacial score (nSPS) is 18.5. The highest BCUT2D eigenvalue weighted by atomic mass is 79.9. The van der Waals surface area contributed by atoms with E-state index in [0.29, 0.717) is 47.6 Å². The molecule has 0 aliphatic heterocycles. The van der Waals surface area contributed by atoms with E-state index in [1.54, 1.807) is 42.5 Å². The van der Waals surface area contributed by atoms with Gasteiger partial charge in [-0.15, -0.1) is 0 Å². The number of carbonyl (C=O) groups excluding carboxylic acids is 2. The van der Waals surface area contributed by atoms with Gasteiger partial charge in [-0.1, -0.05) is 39.7 Å². The number of nitrogens with zero attached hydrogens (tertiary/aromatic N) is 1. The maximum Gasteiger partial charge on any atom is 0.309 e. The Morgan fingerprint density at radius 1 is 1.10 bits per heavy atom. The number of nitriles is 1. The third-order valence-electron chi connectivity index (χ3n) is 4.88. The molecule has 1 aliphatic carbocycles. The first-order valence-corrected chi connectivity index (χ1v) is 10.4. The third kappa shape index (κ3) is 5.81. The number of halogens is 2. The molecule has 0 spiro atoms. The molecule has 0 saturated heterocycles. The van der Waals surface area contributed by atoms with Crippen molar-refractivity contribution in [1.29, 1.82) is 5.26 Å². The lowest BCUT2D eigenvalue weighted by Gasteiger charge is -2.27. The Hall–Kier alpha value is -2.36. The highest BCUT2D eigenvalue weighted by molar-refractivity contribution is 9.10. The largest absolute Gasteiger partial charge is 0.490 e. The lowest BCUT2D eigenvalue weighted by molar-refractivity contribution is -0.149. The highest BCUT2D eigenvalue weighted by Gasteiger charge is 2.29. The van der Waals surface area contributed by atoms with Crippen LogP contribution in [0.5, 0.6) is 5.75 Å². The number of esters is 1. The number of Topliss-reactive ketones (excluding diaryl/α,β-unsaturated/α-hetero) is 1. The lowest BCUT2D eigenvalue weighted by atomic mass is 9.87. The van der Waals surface area contributed by atoms with Crippen LogP contribution in [-0.2, 0) is 9.53 Å². The first kappa shape index (κ1) is 21.4. The van der Waals surface area contributed by atoms with Crippen LogP contribution in [-0.4, -0.2) is 24.5 Å². The van der Waals surface area contributed by atoms with Crippen molar-refractivity contribution < 1.29 is 19.1 Å². The molecule has 29 heavy (non-hydrogen) atoms. The van der Waals surface area contributed by atoms with Crippen molar-refractivity contribution in [2.24, 2.45) is 5.92 Å². The summed E-state index contributed by atoms with van der Waals surface area (Å²) in [6, 6.07) is 13.9. The number of hydrogen-bond donors (Lipinski definition) is 0. The van der Waals surface area contributed by atoms with Gasteiger partial charge in [0, 0.05) is 16.1 Å². The van der Waals surface area contributed by atoms with Gasteiger partial charge in [-0.2, -0.15) is 5.26 Å². The minimum absolute atomic E-state index is 0.0209. The average Bonchev–Trinajstić information content (AvgIpc) is 2.73. The first-order valence-electron chi connectivity index (χ1n) is 9.28. The van der Waals surface area contributed by atoms with Crippen molar-refractivity contribution in [1.82, 2.24) is 0 Å². The molecule has 7 heteroatoms. The maximum absolute atomic E-state index is 12.3. The number of rotatable bonds is 6. The second-order valence-electron chi connectivity index (χ2n) is 6.88. The topological polar surface area (TPSA) is 76.4 Å². The molecule has 0 heterocycles. The summed E-state index contributed by atoms with van der Waals surface area (Å²) < 4.78 is 12.0. The fourth-order valence-electron chi connectivity index (χ4n) is 3.24. The molecule has 3 rings (SSSR count). The molecule has 0 N–H and O–H groups in total. The van der Waals surface area contributed by atoms with Crippen LogP contribution in [0.4, 0.5) is 0 Å². The zero-order chi connectivity index (χ0) is 20.8. The van der Waals surface area contributed by atoms with E-state index in [2.05, 4.69) is 15.9 Å². The summed E-state index contributed by atoms with van der Waals surface area (Å²) in [5.41, 5.74) is 0.919. The quantitative estimate of drug-likeness (QED) is 0.415. The van der Waals surface area contributed by atoms with Gasteiger partial charge in [-0.25, -0.2) is 0 Å². The molecule has 0 radical (unpaired) electrons. The molecule has 0 bridgehead atoms. The minimum Gasteiger partial charge on any atom is -0.490 e. The smallest absolute Gasteiger partial charge is 0.309 e. The molecule has 150 valence electrons. The molecule has 1 fully saturated rings. The van der Waals surface area contributed by atoms with Gasteiger partial charge in [-0.05, 0) is 49.9 Å². The molecule has 1 aliphatic rings. The first-order chi connectivity index (χ1) is 14.0. The summed E-state index contributed by atoms with van der Waals surface area (Å²) in [7, 11) is 0. The standard InChI is InChI=1S/C22H19BrClNO4/c23-17-6-1-14(2-7-17)21(26)13-28-22(27)15-3-8-18(9-4-15)29-19-10-5-16(12-25)20(24)11-19/h1-2,5-7,10-11,15,18H,3-4,8-9,13H2/t15-,18-. The zero-order valence-corrected chi connectivity index (χ0v) is 17.9. The van der Waals surface area contributed by atoms with Gasteiger partial charge in [0.2, 0.25) is 0 Å². The molecule has 5 nitrogen and oxygen atoms in total. The Kier molecular flexibility index (Phi) is 7.29. The van der Waals surface area contributed by atoms with Gasteiger partial charge >= 0.3 is 5.97 Å². The Morgan fingerprint density at radius 2 is 1.79 bits per heavy atom. The van der Waals surface area contributed by atoms with E-state index in [9.17, 15) is 9.59 Å². The van der Waals surface area contributed by atoms with Crippen LogP contribution in [0.15, 0.2) is 46.9 Å². The summed E-state index contributed by atoms with van der Waals surface area (Å²) in [5.74, 6) is -0.173. The fraction of sp³-hybridized carbons (Fsp3) is 0.318. The van der Waals surface area contributed by atoms with E-state index < -0.39 is 0 Å².